The van der Waals surface area contributed by atoms with Crippen molar-refractivity contribution >= 4 is 39.1 Å². The molecule has 1 aliphatic rings. The second-order valence-corrected chi connectivity index (χ2v) is 9.46. The second-order valence-electron chi connectivity index (χ2n) is 7.51. The van der Waals surface area contributed by atoms with E-state index in [4.69, 9.17) is 0 Å². The summed E-state index contributed by atoms with van der Waals surface area (Å²) in [6, 6.07) is 12.1. The lowest BCUT2D eigenvalue weighted by Gasteiger charge is -2.31. The highest BCUT2D eigenvalue weighted by Crippen LogP contribution is 2.19. The van der Waals surface area contributed by atoms with Crippen LogP contribution in [-0.2, 0) is 16.0 Å². The predicted octanol–water partition coefficient (Wildman–Crippen LogP) is 3.76. The Morgan fingerprint density at radius 2 is 1.93 bits per heavy atom. The number of hydrogen-bond acceptors (Lipinski definition) is 4. The van der Waals surface area contributed by atoms with E-state index in [1.807, 2.05) is 37.3 Å². The monoisotopic (exact) mass is 477 g/mol. The Morgan fingerprint density at radius 1 is 1.21 bits per heavy atom. The molecular formula is C22H28BrN3O2S. The van der Waals surface area contributed by atoms with E-state index in [9.17, 15) is 9.59 Å². The molecule has 0 radical (unpaired) electrons. The van der Waals surface area contributed by atoms with Crippen molar-refractivity contribution in [1.82, 2.24) is 15.5 Å². The van der Waals surface area contributed by atoms with E-state index in [1.165, 1.54) is 4.88 Å². The molecule has 1 unspecified atom stereocenters. The highest BCUT2D eigenvalue weighted by Gasteiger charge is 2.26. The van der Waals surface area contributed by atoms with Crippen molar-refractivity contribution in [3.8, 4) is 0 Å². The average molecular weight is 478 g/mol. The van der Waals surface area contributed by atoms with Gasteiger partial charge in [0.1, 0.15) is 0 Å². The first-order valence-electron chi connectivity index (χ1n) is 10.1. The van der Waals surface area contributed by atoms with Crippen LogP contribution in [0.15, 0.2) is 46.3 Å². The molecule has 0 bridgehead atoms. The summed E-state index contributed by atoms with van der Waals surface area (Å²) in [6.07, 6.45) is 2.50. The van der Waals surface area contributed by atoms with Crippen LogP contribution in [0.3, 0.4) is 0 Å². The summed E-state index contributed by atoms with van der Waals surface area (Å²) in [5, 5.41) is 8.18. The number of hydrogen-bond donors (Lipinski definition) is 2. The summed E-state index contributed by atoms with van der Waals surface area (Å²) in [6.45, 7) is 4.63. The van der Waals surface area contributed by atoms with E-state index in [2.05, 4.69) is 42.9 Å². The smallest absolute Gasteiger partial charge is 0.234 e. The number of benzene rings is 1. The number of carbonyl (C=O) groups is 2. The molecule has 1 fully saturated rings. The van der Waals surface area contributed by atoms with Gasteiger partial charge in [-0.1, -0.05) is 34.1 Å². The highest BCUT2D eigenvalue weighted by molar-refractivity contribution is 9.10. The van der Waals surface area contributed by atoms with Crippen LogP contribution in [0.1, 0.15) is 36.2 Å². The molecule has 2 N–H and O–H groups in total. The first-order valence-corrected chi connectivity index (χ1v) is 11.8. The normalized spacial score (nSPS) is 16.3. The van der Waals surface area contributed by atoms with Gasteiger partial charge >= 0.3 is 0 Å². The van der Waals surface area contributed by atoms with E-state index in [0.29, 0.717) is 13.1 Å². The van der Waals surface area contributed by atoms with Gasteiger partial charge in [0, 0.05) is 21.8 Å². The highest BCUT2D eigenvalue weighted by atomic mass is 79.9. The molecule has 1 aromatic heterocycles. The fraction of sp³-hybridized carbons (Fsp3) is 0.455. The van der Waals surface area contributed by atoms with Gasteiger partial charge in [0.25, 0.3) is 0 Å². The molecule has 0 spiro atoms. The maximum Gasteiger partial charge on any atom is 0.234 e. The molecule has 5 nitrogen and oxygen atoms in total. The minimum Gasteiger partial charge on any atom is -0.355 e. The van der Waals surface area contributed by atoms with Gasteiger partial charge in [0.15, 0.2) is 0 Å². The van der Waals surface area contributed by atoms with Crippen molar-refractivity contribution in [3.05, 3.63) is 56.7 Å². The Morgan fingerprint density at radius 3 is 2.59 bits per heavy atom. The number of nitrogens with one attached hydrogen (secondary N) is 2. The van der Waals surface area contributed by atoms with Crippen molar-refractivity contribution < 1.29 is 9.59 Å². The molecule has 3 rings (SSSR count). The number of thiophene rings is 1. The van der Waals surface area contributed by atoms with Crippen LogP contribution in [0.5, 0.6) is 0 Å². The van der Waals surface area contributed by atoms with Crippen LogP contribution < -0.4 is 10.6 Å². The van der Waals surface area contributed by atoms with Gasteiger partial charge in [-0.05, 0) is 68.4 Å². The number of halogens is 1. The fourth-order valence-electron chi connectivity index (χ4n) is 3.59. The largest absolute Gasteiger partial charge is 0.355 e. The molecule has 2 aromatic rings. The Balaban J connectivity index is 1.34. The first kappa shape index (κ1) is 22.0. The summed E-state index contributed by atoms with van der Waals surface area (Å²) in [4.78, 5) is 28.2. The third-order valence-electron chi connectivity index (χ3n) is 5.32. The fourth-order valence-corrected chi connectivity index (χ4v) is 4.56. The van der Waals surface area contributed by atoms with E-state index >= 15 is 0 Å². The maximum atomic E-state index is 12.4. The van der Waals surface area contributed by atoms with Crippen molar-refractivity contribution in [1.29, 1.82) is 0 Å². The van der Waals surface area contributed by atoms with Gasteiger partial charge in [0.05, 0.1) is 12.6 Å². The molecule has 1 aromatic carbocycles. The number of rotatable bonds is 8. The van der Waals surface area contributed by atoms with Crippen molar-refractivity contribution in [2.24, 2.45) is 5.92 Å². The lowest BCUT2D eigenvalue weighted by atomic mass is 9.96. The van der Waals surface area contributed by atoms with Crippen LogP contribution in [0.4, 0.5) is 0 Å². The zero-order valence-corrected chi connectivity index (χ0v) is 19.1. The molecule has 2 heterocycles. The van der Waals surface area contributed by atoms with E-state index in [-0.39, 0.29) is 23.8 Å². The lowest BCUT2D eigenvalue weighted by Crippen LogP contribution is -2.45. The second kappa shape index (κ2) is 10.9. The van der Waals surface area contributed by atoms with E-state index in [1.54, 1.807) is 11.3 Å². The average Bonchev–Trinajstić information content (AvgIpc) is 3.22. The summed E-state index contributed by atoms with van der Waals surface area (Å²) >= 11 is 5.15. The molecular weight excluding hydrogens is 450 g/mol. The van der Waals surface area contributed by atoms with Crippen LogP contribution in [0.25, 0.3) is 0 Å². The zero-order valence-electron chi connectivity index (χ0n) is 16.7. The van der Waals surface area contributed by atoms with E-state index in [0.717, 1.165) is 42.4 Å². The Kier molecular flexibility index (Phi) is 8.27. The Hall–Kier alpha value is -1.70. The van der Waals surface area contributed by atoms with Gasteiger partial charge in [-0.3, -0.25) is 14.5 Å². The van der Waals surface area contributed by atoms with Crippen molar-refractivity contribution in [2.45, 2.75) is 32.2 Å². The lowest BCUT2D eigenvalue weighted by molar-refractivity contribution is -0.126. The summed E-state index contributed by atoms with van der Waals surface area (Å²) in [5.41, 5.74) is 1.08. The number of carbonyl (C=O) groups excluding carboxylic acids is 2. The topological polar surface area (TPSA) is 61.4 Å². The molecule has 156 valence electrons. The van der Waals surface area contributed by atoms with Crippen molar-refractivity contribution in [3.63, 3.8) is 0 Å². The summed E-state index contributed by atoms with van der Waals surface area (Å²) in [5.74, 6) is 0.230. The minimum atomic E-state index is -0.0257. The van der Waals surface area contributed by atoms with E-state index < -0.39 is 0 Å². The van der Waals surface area contributed by atoms with Crippen LogP contribution >= 0.6 is 27.3 Å². The number of piperidine rings is 1. The van der Waals surface area contributed by atoms with Crippen molar-refractivity contribution in [2.75, 3.05) is 26.2 Å². The van der Waals surface area contributed by atoms with Gasteiger partial charge < -0.3 is 10.6 Å². The molecule has 1 aliphatic heterocycles. The molecule has 7 heteroatoms. The SMILES string of the molecule is CC(NC(=O)CN1CCC(C(=O)NCCc2cccs2)CC1)c1ccc(Br)cc1. The molecule has 0 aliphatic carbocycles. The molecule has 29 heavy (non-hydrogen) atoms. The molecule has 0 saturated carbocycles. The number of nitrogens with zero attached hydrogens (tertiary/aromatic N) is 1. The Bertz CT molecular complexity index is 787. The van der Waals surface area contributed by atoms with Crippen LogP contribution in [0, 0.1) is 5.92 Å². The quantitative estimate of drug-likeness (QED) is 0.608. The van der Waals surface area contributed by atoms with Gasteiger partial charge in [-0.15, -0.1) is 11.3 Å². The van der Waals surface area contributed by atoms with Gasteiger partial charge in [-0.25, -0.2) is 0 Å². The minimum absolute atomic E-state index is 0.0257. The number of amides is 2. The zero-order chi connectivity index (χ0) is 20.6. The Labute approximate surface area is 185 Å². The molecule has 1 atom stereocenters. The predicted molar refractivity (Wildman–Crippen MR) is 121 cm³/mol. The standard InChI is InChI=1S/C22H28BrN3O2S/c1-16(17-4-6-19(23)7-5-17)25-21(27)15-26-12-9-18(10-13-26)22(28)24-11-8-20-3-2-14-29-20/h2-7,14,16,18H,8-13,15H2,1H3,(H,24,28)(H,25,27). The van der Waals surface area contributed by atoms with Gasteiger partial charge in [0.2, 0.25) is 11.8 Å². The number of likely N-dealkylation sites (tertiary alicyclic amines) is 1. The van der Waals surface area contributed by atoms with Crippen LogP contribution in [-0.4, -0.2) is 42.9 Å². The molecule has 2 amide bonds. The first-order chi connectivity index (χ1) is 14.0. The van der Waals surface area contributed by atoms with Crippen LogP contribution in [0.2, 0.25) is 0 Å². The third kappa shape index (κ3) is 6.94. The molecule has 1 saturated heterocycles. The maximum absolute atomic E-state index is 12.4. The van der Waals surface area contributed by atoms with Gasteiger partial charge in [-0.2, -0.15) is 0 Å². The summed E-state index contributed by atoms with van der Waals surface area (Å²) in [7, 11) is 0. The third-order valence-corrected chi connectivity index (χ3v) is 6.79. The summed E-state index contributed by atoms with van der Waals surface area (Å²) < 4.78 is 1.03.